The minimum absolute atomic E-state index is 0.561. The van der Waals surface area contributed by atoms with E-state index in [4.69, 9.17) is 5.84 Å². The predicted octanol–water partition coefficient (Wildman–Crippen LogP) is 0.822. The summed E-state index contributed by atoms with van der Waals surface area (Å²) in [4.78, 5) is 7.04. The molecule has 0 radical (unpaired) electrons. The molecule has 0 spiro atoms. The first kappa shape index (κ1) is 13.6. The third kappa shape index (κ3) is 4.14. The van der Waals surface area contributed by atoms with Crippen LogP contribution in [0.4, 0.5) is 0 Å². The van der Waals surface area contributed by atoms with E-state index in [1.165, 1.54) is 38.5 Å². The number of nitrogens with one attached hydrogen (secondary N) is 2. The zero-order chi connectivity index (χ0) is 12.8. The molecule has 0 unspecified atom stereocenters. The summed E-state index contributed by atoms with van der Waals surface area (Å²) >= 11 is 0. The molecule has 0 bridgehead atoms. The molecule has 0 heterocycles. The Morgan fingerprint density at radius 1 is 1.28 bits per heavy atom. The smallest absolute Gasteiger partial charge is 0.205 e. The average Bonchev–Trinajstić information content (AvgIpc) is 3.10. The molecular formula is C13H27N5. The normalized spacial score (nSPS) is 21.6. The predicted molar refractivity (Wildman–Crippen MR) is 75.3 cm³/mol. The van der Waals surface area contributed by atoms with Gasteiger partial charge in [0.2, 0.25) is 5.96 Å². The van der Waals surface area contributed by atoms with Crippen molar-refractivity contribution in [2.24, 2.45) is 10.8 Å². The minimum Gasteiger partial charge on any atom is -0.353 e. The van der Waals surface area contributed by atoms with Gasteiger partial charge in [-0.2, -0.15) is 0 Å². The molecule has 104 valence electrons. The van der Waals surface area contributed by atoms with Gasteiger partial charge in [0.05, 0.1) is 6.54 Å². The second kappa shape index (κ2) is 6.95. The molecule has 0 atom stereocenters. The highest BCUT2D eigenvalue weighted by Gasteiger charge is 2.27. The monoisotopic (exact) mass is 253 g/mol. The highest BCUT2D eigenvalue weighted by molar-refractivity contribution is 5.79. The number of hydrogen-bond acceptors (Lipinski definition) is 3. The molecule has 0 aromatic heterocycles. The quantitative estimate of drug-likeness (QED) is 0.284. The standard InChI is InChI=1S/C13H27N5/c1-2-18(12-7-8-12)10-9-15-13(17-14)16-11-5-3-4-6-11/h11-12H,2-10,14H2,1H3,(H2,15,16,17). The first-order valence-corrected chi connectivity index (χ1v) is 7.35. The van der Waals surface area contributed by atoms with Crippen LogP contribution in [0.15, 0.2) is 4.99 Å². The van der Waals surface area contributed by atoms with E-state index in [9.17, 15) is 0 Å². The molecule has 0 aliphatic heterocycles. The maximum absolute atomic E-state index is 5.52. The number of nitrogens with zero attached hydrogens (tertiary/aromatic N) is 2. The van der Waals surface area contributed by atoms with Gasteiger partial charge < -0.3 is 5.32 Å². The van der Waals surface area contributed by atoms with E-state index < -0.39 is 0 Å². The van der Waals surface area contributed by atoms with Gasteiger partial charge in [-0.25, -0.2) is 5.84 Å². The van der Waals surface area contributed by atoms with E-state index in [0.29, 0.717) is 6.04 Å². The van der Waals surface area contributed by atoms with Gasteiger partial charge in [-0.1, -0.05) is 19.8 Å². The van der Waals surface area contributed by atoms with Crippen LogP contribution < -0.4 is 16.6 Å². The Hall–Kier alpha value is -0.810. The summed E-state index contributed by atoms with van der Waals surface area (Å²) in [5.41, 5.74) is 2.69. The largest absolute Gasteiger partial charge is 0.353 e. The number of hydrogen-bond donors (Lipinski definition) is 3. The van der Waals surface area contributed by atoms with Crippen LogP contribution in [-0.4, -0.2) is 42.6 Å². The van der Waals surface area contributed by atoms with Crippen molar-refractivity contribution in [1.29, 1.82) is 0 Å². The average molecular weight is 253 g/mol. The van der Waals surface area contributed by atoms with Crippen molar-refractivity contribution in [2.45, 2.75) is 57.5 Å². The Labute approximate surface area is 110 Å². The Morgan fingerprint density at radius 3 is 2.56 bits per heavy atom. The maximum Gasteiger partial charge on any atom is 0.205 e. The third-order valence-electron chi connectivity index (χ3n) is 3.96. The SMILES string of the molecule is CCN(CCN=C(NN)NC1CCCC1)C1CC1. The highest BCUT2D eigenvalue weighted by atomic mass is 15.3. The molecular weight excluding hydrogens is 226 g/mol. The summed E-state index contributed by atoms with van der Waals surface area (Å²) in [6.07, 6.45) is 7.84. The molecule has 18 heavy (non-hydrogen) atoms. The van der Waals surface area contributed by atoms with E-state index in [-0.39, 0.29) is 0 Å². The molecule has 2 fully saturated rings. The van der Waals surface area contributed by atoms with Crippen molar-refractivity contribution in [3.63, 3.8) is 0 Å². The van der Waals surface area contributed by atoms with Crippen LogP contribution in [0.5, 0.6) is 0 Å². The molecule has 5 nitrogen and oxygen atoms in total. The Balaban J connectivity index is 1.70. The number of aliphatic imine (C=N–C) groups is 1. The van der Waals surface area contributed by atoms with Crippen molar-refractivity contribution in [3.05, 3.63) is 0 Å². The molecule has 2 aliphatic carbocycles. The lowest BCUT2D eigenvalue weighted by Crippen LogP contribution is -2.46. The van der Waals surface area contributed by atoms with Crippen molar-refractivity contribution in [1.82, 2.24) is 15.6 Å². The molecule has 0 amide bonds. The van der Waals surface area contributed by atoms with Gasteiger partial charge in [0.15, 0.2) is 0 Å². The van der Waals surface area contributed by atoms with Gasteiger partial charge in [-0.15, -0.1) is 0 Å². The second-order valence-corrected chi connectivity index (χ2v) is 5.36. The molecule has 2 saturated carbocycles. The fraction of sp³-hybridized carbons (Fsp3) is 0.923. The second-order valence-electron chi connectivity index (χ2n) is 5.36. The first-order valence-electron chi connectivity index (χ1n) is 7.35. The lowest BCUT2D eigenvalue weighted by molar-refractivity contribution is 0.286. The van der Waals surface area contributed by atoms with Crippen LogP contribution >= 0.6 is 0 Å². The van der Waals surface area contributed by atoms with Gasteiger partial charge in [0.1, 0.15) is 0 Å². The van der Waals surface area contributed by atoms with Gasteiger partial charge in [-0.05, 0) is 32.2 Å². The number of nitrogens with two attached hydrogens (primary N) is 1. The van der Waals surface area contributed by atoms with E-state index >= 15 is 0 Å². The Bertz CT molecular complexity index is 269. The van der Waals surface area contributed by atoms with Crippen LogP contribution in [0, 0.1) is 0 Å². The first-order chi connectivity index (χ1) is 8.83. The summed E-state index contributed by atoms with van der Waals surface area (Å²) < 4.78 is 0. The number of guanidine groups is 1. The van der Waals surface area contributed by atoms with Crippen LogP contribution in [0.25, 0.3) is 0 Å². The zero-order valence-electron chi connectivity index (χ0n) is 11.5. The molecule has 5 heteroatoms. The topological polar surface area (TPSA) is 65.7 Å². The van der Waals surface area contributed by atoms with Crippen molar-refractivity contribution < 1.29 is 0 Å². The van der Waals surface area contributed by atoms with E-state index in [1.807, 2.05) is 0 Å². The van der Waals surface area contributed by atoms with E-state index in [2.05, 4.69) is 27.6 Å². The fourth-order valence-corrected chi connectivity index (χ4v) is 2.73. The lowest BCUT2D eigenvalue weighted by Gasteiger charge is -2.19. The van der Waals surface area contributed by atoms with Gasteiger partial charge >= 0.3 is 0 Å². The highest BCUT2D eigenvalue weighted by Crippen LogP contribution is 2.25. The van der Waals surface area contributed by atoms with Crippen LogP contribution in [0.3, 0.4) is 0 Å². The van der Waals surface area contributed by atoms with Crippen molar-refractivity contribution in [3.8, 4) is 0 Å². The summed E-state index contributed by atoms with van der Waals surface area (Å²) in [5, 5.41) is 3.40. The zero-order valence-corrected chi connectivity index (χ0v) is 11.5. The van der Waals surface area contributed by atoms with Crippen LogP contribution in [0.1, 0.15) is 45.4 Å². The van der Waals surface area contributed by atoms with Crippen molar-refractivity contribution >= 4 is 5.96 Å². The summed E-state index contributed by atoms with van der Waals surface area (Å²) in [6.45, 7) is 5.21. The number of likely N-dealkylation sites (N-methyl/N-ethyl adjacent to an activating group) is 1. The lowest BCUT2D eigenvalue weighted by atomic mass is 10.2. The minimum atomic E-state index is 0.561. The molecule has 2 aliphatic rings. The summed E-state index contributed by atoms with van der Waals surface area (Å²) in [7, 11) is 0. The maximum atomic E-state index is 5.52. The van der Waals surface area contributed by atoms with E-state index in [1.54, 1.807) is 0 Å². The van der Waals surface area contributed by atoms with Gasteiger partial charge in [0.25, 0.3) is 0 Å². The number of rotatable bonds is 6. The van der Waals surface area contributed by atoms with Gasteiger partial charge in [0, 0.05) is 18.6 Å². The number of hydrazine groups is 1. The molecule has 0 aromatic rings. The fourth-order valence-electron chi connectivity index (χ4n) is 2.73. The van der Waals surface area contributed by atoms with Gasteiger partial charge in [-0.3, -0.25) is 15.3 Å². The molecule has 0 saturated heterocycles. The third-order valence-corrected chi connectivity index (χ3v) is 3.96. The summed E-state index contributed by atoms with van der Waals surface area (Å²) in [5.74, 6) is 6.27. The molecule has 0 aromatic carbocycles. The van der Waals surface area contributed by atoms with Crippen LogP contribution in [-0.2, 0) is 0 Å². The van der Waals surface area contributed by atoms with E-state index in [0.717, 1.165) is 31.6 Å². The Kier molecular flexibility index (Phi) is 5.26. The molecule has 2 rings (SSSR count). The Morgan fingerprint density at radius 2 is 2.00 bits per heavy atom. The van der Waals surface area contributed by atoms with Crippen LogP contribution in [0.2, 0.25) is 0 Å². The summed E-state index contributed by atoms with van der Waals surface area (Å²) in [6, 6.07) is 1.38. The van der Waals surface area contributed by atoms with Crippen molar-refractivity contribution in [2.75, 3.05) is 19.6 Å². The molecule has 4 N–H and O–H groups in total.